The van der Waals surface area contributed by atoms with Gasteiger partial charge in [0.05, 0.1) is 29.2 Å². The van der Waals surface area contributed by atoms with Crippen LogP contribution < -0.4 is 11.3 Å². The van der Waals surface area contributed by atoms with E-state index in [0.717, 1.165) is 70.1 Å². The molecule has 7 rings (SSSR count). The first kappa shape index (κ1) is 37.2. The van der Waals surface area contributed by atoms with Crippen LogP contribution in [0, 0.1) is 23.6 Å². The Morgan fingerprint density at radius 2 is 1.43 bits per heavy atom. The van der Waals surface area contributed by atoms with Crippen molar-refractivity contribution in [2.24, 2.45) is 23.5 Å². The van der Waals surface area contributed by atoms with Crippen molar-refractivity contribution in [3.05, 3.63) is 75.5 Å². The first-order valence-corrected chi connectivity index (χ1v) is 19.8. The van der Waals surface area contributed by atoms with Crippen molar-refractivity contribution in [2.75, 3.05) is 58.9 Å². The van der Waals surface area contributed by atoms with Gasteiger partial charge in [-0.1, -0.05) is 43.5 Å². The van der Waals surface area contributed by atoms with E-state index in [1.807, 2.05) is 21.9 Å². The number of nitrogens with one attached hydrogen (secondary N) is 1. The lowest BCUT2D eigenvalue weighted by Gasteiger charge is -2.39. The summed E-state index contributed by atoms with van der Waals surface area (Å²) in [6.45, 7) is 5.37. The predicted molar refractivity (Wildman–Crippen MR) is 202 cm³/mol. The number of piperazine rings is 1. The molecule has 3 aliphatic heterocycles. The number of hydrogen-bond donors (Lipinski definition) is 2. The van der Waals surface area contributed by atoms with Crippen LogP contribution in [-0.2, 0) is 16.0 Å². The van der Waals surface area contributed by atoms with Crippen molar-refractivity contribution >= 4 is 28.5 Å². The number of hydrogen-bond acceptors (Lipinski definition) is 7. The minimum absolute atomic E-state index is 0.00298. The van der Waals surface area contributed by atoms with Crippen LogP contribution >= 0.6 is 0 Å². The Hall–Kier alpha value is -4.16. The Kier molecular flexibility index (Phi) is 11.8. The molecule has 1 atom stereocenters. The molecule has 3 saturated heterocycles. The van der Waals surface area contributed by atoms with Crippen LogP contribution in [0.5, 0.6) is 0 Å². The molecule has 4 heterocycles. The lowest BCUT2D eigenvalue weighted by atomic mass is 9.81. The van der Waals surface area contributed by atoms with Crippen LogP contribution in [0.2, 0.25) is 0 Å². The maximum Gasteiger partial charge on any atom is 0.272 e. The second kappa shape index (κ2) is 16.9. The standard InChI is InChI=1S/C41H54FN7O4/c42-35-11-10-30(26-36-32-8-4-5-9-33(32)39(51)45-44-36)25-34(35)40(52)49-22-20-47(21-23-49)37(50)27-46-16-12-28(13-17-46)24-29-14-18-48(19-15-29)41(53)38(43)31-6-2-1-3-7-31/h4-5,8-11,25,28-29,31,38H,1-3,6-7,12-24,26-27,43H2,(H,45,51)/t38-/m1/s1. The molecule has 0 unspecified atom stereocenters. The van der Waals surface area contributed by atoms with Crippen LogP contribution in [0.1, 0.15) is 85.8 Å². The summed E-state index contributed by atoms with van der Waals surface area (Å²) in [5, 5.41) is 8.00. The van der Waals surface area contributed by atoms with Gasteiger partial charge in [-0.25, -0.2) is 9.49 Å². The number of carbonyl (C=O) groups is 3. The molecule has 4 aliphatic rings. The minimum Gasteiger partial charge on any atom is -0.341 e. The molecule has 0 bridgehead atoms. The maximum atomic E-state index is 15.0. The normalized spacial score (nSPS) is 20.5. The highest BCUT2D eigenvalue weighted by Crippen LogP contribution is 2.32. The Balaban J connectivity index is 0.829. The first-order valence-electron chi connectivity index (χ1n) is 19.8. The van der Waals surface area contributed by atoms with E-state index >= 15 is 0 Å². The number of nitrogens with zero attached hydrogens (tertiary/aromatic N) is 5. The zero-order valence-corrected chi connectivity index (χ0v) is 30.8. The molecule has 11 nitrogen and oxygen atoms in total. The molecule has 3 aromatic rings. The van der Waals surface area contributed by atoms with Crippen LogP contribution in [0.4, 0.5) is 4.39 Å². The van der Waals surface area contributed by atoms with Gasteiger partial charge in [-0.15, -0.1) is 0 Å². The largest absolute Gasteiger partial charge is 0.341 e. The summed E-state index contributed by atoms with van der Waals surface area (Å²) in [5.41, 5.74) is 7.50. The van der Waals surface area contributed by atoms with Gasteiger partial charge in [0.2, 0.25) is 11.8 Å². The average molecular weight is 728 g/mol. The number of halogens is 1. The molecule has 53 heavy (non-hydrogen) atoms. The molecule has 2 aromatic carbocycles. The summed E-state index contributed by atoms with van der Waals surface area (Å²) in [4.78, 5) is 59.7. The zero-order valence-electron chi connectivity index (χ0n) is 30.8. The topological polar surface area (TPSA) is 136 Å². The number of benzene rings is 2. The van der Waals surface area contributed by atoms with Crippen molar-refractivity contribution in [1.82, 2.24) is 29.8 Å². The average Bonchev–Trinajstić information content (AvgIpc) is 3.20. The van der Waals surface area contributed by atoms with E-state index in [1.165, 1.54) is 31.7 Å². The summed E-state index contributed by atoms with van der Waals surface area (Å²) >= 11 is 0. The molecule has 0 spiro atoms. The monoisotopic (exact) mass is 727 g/mol. The Bertz CT molecular complexity index is 1820. The van der Waals surface area contributed by atoms with Gasteiger partial charge in [0.1, 0.15) is 5.82 Å². The number of aromatic nitrogens is 2. The third-order valence-electron chi connectivity index (χ3n) is 12.4. The molecule has 1 aromatic heterocycles. The van der Waals surface area contributed by atoms with E-state index in [-0.39, 0.29) is 29.0 Å². The molecule has 3 N–H and O–H groups in total. The van der Waals surface area contributed by atoms with E-state index in [2.05, 4.69) is 15.1 Å². The summed E-state index contributed by atoms with van der Waals surface area (Å²) in [6.07, 6.45) is 11.6. The second-order valence-electron chi connectivity index (χ2n) is 15.9. The number of nitrogens with two attached hydrogens (primary N) is 1. The SMILES string of the molecule is N[C@@H](C(=O)N1CCC(CC2CCN(CC(=O)N3CCN(C(=O)c4cc(Cc5n[nH]c(=O)c6ccccc56)ccc4F)CC3)CC2)CC1)C1CCCCC1. The fourth-order valence-electron chi connectivity index (χ4n) is 9.11. The summed E-state index contributed by atoms with van der Waals surface area (Å²) in [7, 11) is 0. The van der Waals surface area contributed by atoms with Gasteiger partial charge in [0.15, 0.2) is 0 Å². The van der Waals surface area contributed by atoms with Crippen molar-refractivity contribution in [2.45, 2.75) is 76.7 Å². The van der Waals surface area contributed by atoms with Gasteiger partial charge in [-0.05, 0) is 99.6 Å². The van der Waals surface area contributed by atoms with E-state index in [1.54, 1.807) is 29.2 Å². The van der Waals surface area contributed by atoms with E-state index in [0.29, 0.717) is 73.5 Å². The van der Waals surface area contributed by atoms with Gasteiger partial charge in [0, 0.05) is 51.1 Å². The highest BCUT2D eigenvalue weighted by molar-refractivity contribution is 5.95. The molecule has 0 radical (unpaired) electrons. The number of H-pyrrole nitrogens is 1. The second-order valence-corrected chi connectivity index (χ2v) is 15.9. The number of carbonyl (C=O) groups excluding carboxylic acids is 3. The minimum atomic E-state index is -0.588. The quantitative estimate of drug-likeness (QED) is 0.338. The predicted octanol–water partition coefficient (Wildman–Crippen LogP) is 4.19. The van der Waals surface area contributed by atoms with Gasteiger partial charge in [0.25, 0.3) is 11.5 Å². The number of amides is 3. The maximum absolute atomic E-state index is 15.0. The van der Waals surface area contributed by atoms with Gasteiger partial charge >= 0.3 is 0 Å². The fraction of sp³-hybridized carbons (Fsp3) is 0.585. The number of fused-ring (bicyclic) bond motifs is 1. The third kappa shape index (κ3) is 8.81. The molecule has 12 heteroatoms. The van der Waals surface area contributed by atoms with Crippen LogP contribution in [0.15, 0.2) is 47.3 Å². The Labute approximate surface area is 311 Å². The lowest BCUT2D eigenvalue weighted by molar-refractivity contribution is -0.136. The number of aromatic amines is 1. The molecule has 1 saturated carbocycles. The summed E-state index contributed by atoms with van der Waals surface area (Å²) < 4.78 is 15.0. The summed E-state index contributed by atoms with van der Waals surface area (Å²) in [5.74, 6) is 0.903. The highest BCUT2D eigenvalue weighted by Gasteiger charge is 2.33. The van der Waals surface area contributed by atoms with Gasteiger partial charge in [-0.3, -0.25) is 24.1 Å². The van der Waals surface area contributed by atoms with Crippen molar-refractivity contribution in [3.8, 4) is 0 Å². The van der Waals surface area contributed by atoms with Crippen molar-refractivity contribution in [1.29, 1.82) is 0 Å². The smallest absolute Gasteiger partial charge is 0.272 e. The number of likely N-dealkylation sites (tertiary alicyclic amines) is 2. The van der Waals surface area contributed by atoms with E-state index in [4.69, 9.17) is 5.73 Å². The lowest BCUT2D eigenvalue weighted by Crippen LogP contribution is -2.53. The number of piperidine rings is 2. The van der Waals surface area contributed by atoms with Crippen LogP contribution in [0.3, 0.4) is 0 Å². The van der Waals surface area contributed by atoms with Crippen molar-refractivity contribution in [3.63, 3.8) is 0 Å². The van der Waals surface area contributed by atoms with Crippen LogP contribution in [-0.4, -0.2) is 112 Å². The zero-order chi connectivity index (χ0) is 36.9. The highest BCUT2D eigenvalue weighted by atomic mass is 19.1. The van der Waals surface area contributed by atoms with Gasteiger partial charge < -0.3 is 20.4 Å². The summed E-state index contributed by atoms with van der Waals surface area (Å²) in [6, 6.07) is 11.4. The molecular formula is C41H54FN7O4. The van der Waals surface area contributed by atoms with E-state index in [9.17, 15) is 23.6 Å². The van der Waals surface area contributed by atoms with Gasteiger partial charge in [-0.2, -0.15) is 5.10 Å². The van der Waals surface area contributed by atoms with Crippen LogP contribution in [0.25, 0.3) is 10.8 Å². The molecular weight excluding hydrogens is 673 g/mol. The molecule has 1 aliphatic carbocycles. The number of rotatable bonds is 9. The Morgan fingerprint density at radius 3 is 2.13 bits per heavy atom. The molecule has 4 fully saturated rings. The van der Waals surface area contributed by atoms with E-state index < -0.39 is 11.7 Å². The van der Waals surface area contributed by atoms with Crippen molar-refractivity contribution < 1.29 is 18.8 Å². The Morgan fingerprint density at radius 1 is 0.792 bits per heavy atom. The molecule has 284 valence electrons. The third-order valence-corrected chi connectivity index (χ3v) is 12.4. The molecule has 3 amide bonds. The fourth-order valence-corrected chi connectivity index (χ4v) is 9.11. The first-order chi connectivity index (χ1) is 25.7.